The van der Waals surface area contributed by atoms with Crippen LogP contribution in [0.2, 0.25) is 5.15 Å². The van der Waals surface area contributed by atoms with Crippen LogP contribution >= 0.6 is 11.6 Å². The van der Waals surface area contributed by atoms with Crippen molar-refractivity contribution in [3.05, 3.63) is 23.0 Å². The largest absolute Gasteiger partial charge is 0.456 e. The number of rotatable bonds is 4. The van der Waals surface area contributed by atoms with Crippen molar-refractivity contribution in [1.29, 1.82) is 0 Å². The second-order valence-electron chi connectivity index (χ2n) is 6.96. The normalized spacial score (nSPS) is 17.5. The zero-order valence-corrected chi connectivity index (χ0v) is 15.8. The Kier molecular flexibility index (Phi) is 6.52. The van der Waals surface area contributed by atoms with Crippen LogP contribution in [0.4, 0.5) is 4.79 Å². The maximum absolute atomic E-state index is 12.4. The van der Waals surface area contributed by atoms with E-state index in [4.69, 9.17) is 21.1 Å². The summed E-state index contributed by atoms with van der Waals surface area (Å²) in [7, 11) is 0. The van der Waals surface area contributed by atoms with E-state index in [2.05, 4.69) is 10.2 Å². The summed E-state index contributed by atoms with van der Waals surface area (Å²) >= 11 is 5.62. The van der Waals surface area contributed by atoms with Crippen LogP contribution in [0.3, 0.4) is 0 Å². The summed E-state index contributed by atoms with van der Waals surface area (Å²) in [5, 5.41) is 7.38. The third-order valence-corrected chi connectivity index (χ3v) is 3.87. The molecule has 9 heteroatoms. The quantitative estimate of drug-likeness (QED) is 0.582. The number of amides is 1. The Bertz CT molecular complexity index is 672. The molecule has 142 valence electrons. The van der Waals surface area contributed by atoms with E-state index >= 15 is 0 Å². The van der Waals surface area contributed by atoms with Crippen LogP contribution in [0.25, 0.3) is 0 Å². The molecule has 1 saturated heterocycles. The number of esters is 1. The third-order valence-electron chi connectivity index (χ3n) is 3.67. The first-order valence-electron chi connectivity index (χ1n) is 8.36. The molecular formula is C17H22ClN3O5. The van der Waals surface area contributed by atoms with Gasteiger partial charge < -0.3 is 9.47 Å². The molecule has 0 radical (unpaired) electrons. The van der Waals surface area contributed by atoms with Crippen molar-refractivity contribution in [3.8, 4) is 0 Å². The Morgan fingerprint density at radius 3 is 2.58 bits per heavy atom. The number of carbonyl (C=O) groups is 3. The van der Waals surface area contributed by atoms with Gasteiger partial charge in [0.25, 0.3) is 0 Å². The summed E-state index contributed by atoms with van der Waals surface area (Å²) in [6.45, 7) is 5.20. The molecular weight excluding hydrogens is 362 g/mol. The predicted octanol–water partition coefficient (Wildman–Crippen LogP) is 2.65. The van der Waals surface area contributed by atoms with Crippen LogP contribution in [0, 0.1) is 0 Å². The number of hydrogen-bond acceptors (Lipinski definition) is 7. The first kappa shape index (κ1) is 20.1. The second-order valence-corrected chi connectivity index (χ2v) is 7.34. The number of aromatic nitrogens is 2. The molecule has 1 aliphatic heterocycles. The van der Waals surface area contributed by atoms with Crippen molar-refractivity contribution in [2.45, 2.75) is 51.7 Å². The van der Waals surface area contributed by atoms with Gasteiger partial charge in [-0.05, 0) is 52.2 Å². The molecule has 26 heavy (non-hydrogen) atoms. The first-order valence-corrected chi connectivity index (χ1v) is 8.74. The maximum Gasteiger partial charge on any atom is 0.411 e. The van der Waals surface area contributed by atoms with Crippen molar-refractivity contribution in [3.63, 3.8) is 0 Å². The van der Waals surface area contributed by atoms with Crippen molar-refractivity contribution in [2.75, 3.05) is 13.2 Å². The summed E-state index contributed by atoms with van der Waals surface area (Å²) in [6.07, 6.45) is 1.47. The summed E-state index contributed by atoms with van der Waals surface area (Å²) in [4.78, 5) is 38.1. The average Bonchev–Trinajstić information content (AvgIpc) is 2.58. The number of piperidine rings is 1. The summed E-state index contributed by atoms with van der Waals surface area (Å²) in [5.41, 5.74) is -0.610. The number of ether oxygens (including phenoxy) is 2. The number of hydrogen-bond donors (Lipinski definition) is 0. The molecule has 1 aromatic rings. The van der Waals surface area contributed by atoms with Gasteiger partial charge in [-0.25, -0.2) is 9.59 Å². The zero-order chi connectivity index (χ0) is 19.3. The van der Waals surface area contributed by atoms with Crippen LogP contribution in [0.15, 0.2) is 12.1 Å². The van der Waals surface area contributed by atoms with E-state index in [9.17, 15) is 14.4 Å². The predicted molar refractivity (Wildman–Crippen MR) is 92.9 cm³/mol. The lowest BCUT2D eigenvalue weighted by Crippen LogP contribution is -2.50. The molecule has 1 fully saturated rings. The minimum atomic E-state index is -0.761. The van der Waals surface area contributed by atoms with Gasteiger partial charge in [-0.2, -0.15) is 0 Å². The Morgan fingerprint density at radius 1 is 1.23 bits per heavy atom. The smallest absolute Gasteiger partial charge is 0.411 e. The van der Waals surface area contributed by atoms with E-state index < -0.39 is 36.1 Å². The summed E-state index contributed by atoms with van der Waals surface area (Å²) < 4.78 is 10.4. The van der Waals surface area contributed by atoms with Crippen LogP contribution in [0.1, 0.15) is 50.5 Å². The highest BCUT2D eigenvalue weighted by atomic mass is 35.5. The Hall–Kier alpha value is -2.22. The molecule has 2 rings (SSSR count). The van der Waals surface area contributed by atoms with Gasteiger partial charge >= 0.3 is 12.1 Å². The number of nitrogens with zero attached hydrogens (tertiary/aromatic N) is 3. The van der Waals surface area contributed by atoms with E-state index in [0.29, 0.717) is 13.0 Å². The van der Waals surface area contributed by atoms with Gasteiger partial charge in [-0.15, -0.1) is 10.2 Å². The number of carbonyl (C=O) groups excluding carboxylic acids is 3. The highest BCUT2D eigenvalue weighted by Crippen LogP contribution is 2.21. The molecule has 0 aromatic carbocycles. The molecule has 0 saturated carbocycles. The fraction of sp³-hybridized carbons (Fsp3) is 0.588. The zero-order valence-electron chi connectivity index (χ0n) is 15.0. The SMILES string of the molecule is CC(C)(C)OC(=O)N1CCCC[C@H]1C(=O)OCC(=O)c1ccc(Cl)nn1. The number of Topliss-reactive ketones (excluding diaryl/α,β-unsaturated/α-hetero) is 1. The first-order chi connectivity index (χ1) is 12.2. The Labute approximate surface area is 156 Å². The van der Waals surface area contributed by atoms with Crippen LogP contribution in [0.5, 0.6) is 0 Å². The van der Waals surface area contributed by atoms with Crippen LogP contribution in [-0.4, -0.2) is 57.7 Å². The minimum Gasteiger partial charge on any atom is -0.456 e. The number of halogens is 1. The highest BCUT2D eigenvalue weighted by molar-refractivity contribution is 6.29. The van der Waals surface area contributed by atoms with Gasteiger partial charge in [0, 0.05) is 6.54 Å². The number of likely N-dealkylation sites (tertiary alicyclic amines) is 1. The molecule has 1 amide bonds. The lowest BCUT2D eigenvalue weighted by atomic mass is 10.0. The molecule has 8 nitrogen and oxygen atoms in total. The monoisotopic (exact) mass is 383 g/mol. The molecule has 2 heterocycles. The molecule has 1 aromatic heterocycles. The summed E-state index contributed by atoms with van der Waals surface area (Å²) in [5.74, 6) is -1.13. The van der Waals surface area contributed by atoms with Crippen LogP contribution in [-0.2, 0) is 14.3 Å². The van der Waals surface area contributed by atoms with Crippen LogP contribution < -0.4 is 0 Å². The van der Waals surface area contributed by atoms with Crippen molar-refractivity contribution in [2.24, 2.45) is 0 Å². The van der Waals surface area contributed by atoms with E-state index in [1.54, 1.807) is 20.8 Å². The Morgan fingerprint density at radius 2 is 1.96 bits per heavy atom. The molecule has 0 N–H and O–H groups in total. The molecule has 1 atom stereocenters. The van der Waals surface area contributed by atoms with Gasteiger partial charge in [0.2, 0.25) is 5.78 Å². The van der Waals surface area contributed by atoms with E-state index in [1.165, 1.54) is 17.0 Å². The lowest BCUT2D eigenvalue weighted by molar-refractivity contribution is -0.150. The molecule has 0 spiro atoms. The van der Waals surface area contributed by atoms with Gasteiger partial charge in [-0.1, -0.05) is 11.6 Å². The second kappa shape index (κ2) is 8.44. The topological polar surface area (TPSA) is 98.7 Å². The lowest BCUT2D eigenvalue weighted by Gasteiger charge is -2.35. The molecule has 0 bridgehead atoms. The van der Waals surface area contributed by atoms with Gasteiger partial charge in [-0.3, -0.25) is 9.69 Å². The van der Waals surface area contributed by atoms with Crippen molar-refractivity contribution >= 4 is 29.4 Å². The van der Waals surface area contributed by atoms with Gasteiger partial charge in [0.15, 0.2) is 11.8 Å². The molecule has 0 aliphatic carbocycles. The summed E-state index contributed by atoms with van der Waals surface area (Å²) in [6, 6.07) is 2.07. The maximum atomic E-state index is 12.4. The average molecular weight is 384 g/mol. The third kappa shape index (κ3) is 5.66. The molecule has 0 unspecified atom stereocenters. The van der Waals surface area contributed by atoms with Gasteiger partial charge in [0.1, 0.15) is 17.3 Å². The number of ketones is 1. The van der Waals surface area contributed by atoms with Crippen molar-refractivity contribution < 1.29 is 23.9 Å². The molecule has 1 aliphatic rings. The van der Waals surface area contributed by atoms with Gasteiger partial charge in [0.05, 0.1) is 0 Å². The standard InChI is InChI=1S/C17H22ClN3O5/c1-17(2,3)26-16(24)21-9-5-4-6-12(21)15(23)25-10-13(22)11-7-8-14(18)20-19-11/h7-8,12H,4-6,9-10H2,1-3H3/t12-/m0/s1. The van der Waals surface area contributed by atoms with E-state index in [1.807, 2.05) is 0 Å². The highest BCUT2D eigenvalue weighted by Gasteiger charge is 2.36. The fourth-order valence-corrected chi connectivity index (χ4v) is 2.59. The Balaban J connectivity index is 1.96. The van der Waals surface area contributed by atoms with E-state index in [-0.39, 0.29) is 10.8 Å². The fourth-order valence-electron chi connectivity index (χ4n) is 2.49. The minimum absolute atomic E-state index is 0.0508. The van der Waals surface area contributed by atoms with Crippen molar-refractivity contribution in [1.82, 2.24) is 15.1 Å². The van der Waals surface area contributed by atoms with E-state index in [0.717, 1.165) is 12.8 Å².